The quantitative estimate of drug-likeness (QED) is 0.941. The van der Waals surface area contributed by atoms with Crippen LogP contribution < -0.4 is 4.90 Å². The summed E-state index contributed by atoms with van der Waals surface area (Å²) in [5, 5.41) is 9.02. The molecule has 2 aromatic rings. The standard InChI is InChI=1S/C16H14N2O4/c19-15(20)12-8-14-13(17-9-12)6-7-18(14)16(21)22-10-11-4-2-1-3-5-11/h1-5,8-9H,6-7,10H2,(H,19,20). The number of fused-ring (bicyclic) bond motifs is 1. The van der Waals surface area contributed by atoms with Crippen LogP contribution in [0.4, 0.5) is 10.5 Å². The molecule has 112 valence electrons. The van der Waals surface area contributed by atoms with E-state index in [1.165, 1.54) is 17.2 Å². The molecule has 0 unspecified atom stereocenters. The summed E-state index contributed by atoms with van der Waals surface area (Å²) >= 11 is 0. The number of rotatable bonds is 3. The molecule has 6 nitrogen and oxygen atoms in total. The highest BCUT2D eigenvalue weighted by Crippen LogP contribution is 2.28. The topological polar surface area (TPSA) is 79.7 Å². The van der Waals surface area contributed by atoms with Crippen LogP contribution in [0.1, 0.15) is 21.6 Å². The molecular formula is C16H14N2O4. The minimum Gasteiger partial charge on any atom is -0.478 e. The summed E-state index contributed by atoms with van der Waals surface area (Å²) in [6.07, 6.45) is 1.40. The number of carboxylic acids is 1. The third kappa shape index (κ3) is 2.76. The van der Waals surface area contributed by atoms with Crippen LogP contribution in [0.2, 0.25) is 0 Å². The molecule has 0 fully saturated rings. The van der Waals surface area contributed by atoms with Crippen LogP contribution in [0.15, 0.2) is 42.6 Å². The lowest BCUT2D eigenvalue weighted by atomic mass is 10.2. The van der Waals surface area contributed by atoms with E-state index >= 15 is 0 Å². The van der Waals surface area contributed by atoms with Gasteiger partial charge in [-0.1, -0.05) is 30.3 Å². The highest BCUT2D eigenvalue weighted by atomic mass is 16.6. The Kier molecular flexibility index (Phi) is 3.74. The maximum Gasteiger partial charge on any atom is 0.414 e. The van der Waals surface area contributed by atoms with Crippen molar-refractivity contribution in [1.82, 2.24) is 4.98 Å². The predicted octanol–water partition coefficient (Wildman–Crippen LogP) is 2.48. The third-order valence-electron chi connectivity index (χ3n) is 3.48. The lowest BCUT2D eigenvalue weighted by molar-refractivity contribution is 0.0696. The molecule has 1 N–H and O–H groups in total. The van der Waals surface area contributed by atoms with Gasteiger partial charge in [0.15, 0.2) is 0 Å². The number of pyridine rings is 1. The molecule has 3 rings (SSSR count). The first kappa shape index (κ1) is 14.1. The number of carbonyl (C=O) groups is 2. The number of hydrogen-bond donors (Lipinski definition) is 1. The van der Waals surface area contributed by atoms with Crippen LogP contribution >= 0.6 is 0 Å². The lowest BCUT2D eigenvalue weighted by Crippen LogP contribution is -2.29. The van der Waals surface area contributed by atoms with E-state index in [0.29, 0.717) is 24.3 Å². The fourth-order valence-corrected chi connectivity index (χ4v) is 2.35. The molecule has 1 amide bonds. The van der Waals surface area contributed by atoms with E-state index in [4.69, 9.17) is 9.84 Å². The molecule has 0 radical (unpaired) electrons. The van der Waals surface area contributed by atoms with E-state index in [2.05, 4.69) is 4.98 Å². The fraction of sp³-hybridized carbons (Fsp3) is 0.188. The first-order valence-electron chi connectivity index (χ1n) is 6.85. The number of anilines is 1. The molecule has 0 aliphatic carbocycles. The van der Waals surface area contributed by atoms with Gasteiger partial charge in [-0.05, 0) is 11.6 Å². The van der Waals surface area contributed by atoms with Crippen LogP contribution in [0, 0.1) is 0 Å². The normalized spacial score (nSPS) is 12.8. The second-order valence-electron chi connectivity index (χ2n) is 4.94. The number of carboxylic acid groups (broad SMARTS) is 1. The number of amides is 1. The van der Waals surface area contributed by atoms with Crippen molar-refractivity contribution < 1.29 is 19.4 Å². The van der Waals surface area contributed by atoms with Crippen molar-refractivity contribution in [1.29, 1.82) is 0 Å². The minimum atomic E-state index is -1.07. The van der Waals surface area contributed by atoms with Crippen molar-refractivity contribution in [2.45, 2.75) is 13.0 Å². The Morgan fingerprint density at radius 3 is 2.77 bits per heavy atom. The van der Waals surface area contributed by atoms with E-state index in [1.54, 1.807) is 0 Å². The van der Waals surface area contributed by atoms with Crippen molar-refractivity contribution in [3.05, 3.63) is 59.4 Å². The summed E-state index contributed by atoms with van der Waals surface area (Å²) in [5.41, 5.74) is 2.17. The molecule has 0 saturated carbocycles. The predicted molar refractivity (Wildman–Crippen MR) is 78.9 cm³/mol. The fourth-order valence-electron chi connectivity index (χ4n) is 2.35. The van der Waals surface area contributed by atoms with Gasteiger partial charge in [-0.2, -0.15) is 0 Å². The van der Waals surface area contributed by atoms with Crippen LogP contribution in [0.3, 0.4) is 0 Å². The van der Waals surface area contributed by atoms with Gasteiger partial charge in [-0.3, -0.25) is 9.88 Å². The van der Waals surface area contributed by atoms with Crippen molar-refractivity contribution in [3.63, 3.8) is 0 Å². The second-order valence-corrected chi connectivity index (χ2v) is 4.94. The Morgan fingerprint density at radius 2 is 2.05 bits per heavy atom. The second kappa shape index (κ2) is 5.85. The summed E-state index contributed by atoms with van der Waals surface area (Å²) in [7, 11) is 0. The molecule has 2 heterocycles. The summed E-state index contributed by atoms with van der Waals surface area (Å²) in [5.74, 6) is -1.07. The Labute approximate surface area is 127 Å². The van der Waals surface area contributed by atoms with Gasteiger partial charge < -0.3 is 9.84 Å². The van der Waals surface area contributed by atoms with E-state index in [-0.39, 0.29) is 12.2 Å². The van der Waals surface area contributed by atoms with E-state index < -0.39 is 12.1 Å². The van der Waals surface area contributed by atoms with E-state index in [0.717, 1.165) is 5.56 Å². The largest absolute Gasteiger partial charge is 0.478 e. The molecule has 6 heteroatoms. The number of ether oxygens (including phenoxy) is 1. The van der Waals surface area contributed by atoms with Gasteiger partial charge >= 0.3 is 12.1 Å². The van der Waals surface area contributed by atoms with Crippen LogP contribution in [-0.2, 0) is 17.8 Å². The lowest BCUT2D eigenvalue weighted by Gasteiger charge is -2.17. The highest BCUT2D eigenvalue weighted by Gasteiger charge is 2.28. The van der Waals surface area contributed by atoms with Gasteiger partial charge in [-0.25, -0.2) is 9.59 Å². The molecule has 0 atom stereocenters. The highest BCUT2D eigenvalue weighted by molar-refractivity contribution is 5.93. The SMILES string of the molecule is O=C(O)c1cnc2c(c1)N(C(=O)OCc1ccccc1)CC2. The maximum absolute atomic E-state index is 12.2. The Bertz CT molecular complexity index is 715. The third-order valence-corrected chi connectivity index (χ3v) is 3.48. The molecular weight excluding hydrogens is 284 g/mol. The first-order valence-corrected chi connectivity index (χ1v) is 6.85. The number of aromatic nitrogens is 1. The number of aromatic carboxylic acids is 1. The number of nitrogens with zero attached hydrogens (tertiary/aromatic N) is 2. The van der Waals surface area contributed by atoms with Crippen LogP contribution in [-0.4, -0.2) is 28.7 Å². The van der Waals surface area contributed by atoms with Gasteiger partial charge in [0.2, 0.25) is 0 Å². The zero-order valence-electron chi connectivity index (χ0n) is 11.7. The number of carbonyl (C=O) groups excluding carboxylic acids is 1. The van der Waals surface area contributed by atoms with Gasteiger partial charge in [0.1, 0.15) is 6.61 Å². The van der Waals surface area contributed by atoms with Crippen LogP contribution in [0.5, 0.6) is 0 Å². The molecule has 22 heavy (non-hydrogen) atoms. The van der Waals surface area contributed by atoms with Gasteiger partial charge in [0.25, 0.3) is 0 Å². The average molecular weight is 298 g/mol. The molecule has 0 spiro atoms. The van der Waals surface area contributed by atoms with Crippen LogP contribution in [0.25, 0.3) is 0 Å². The smallest absolute Gasteiger partial charge is 0.414 e. The number of benzene rings is 1. The van der Waals surface area contributed by atoms with Gasteiger partial charge in [0, 0.05) is 19.2 Å². The Hall–Kier alpha value is -2.89. The first-order chi connectivity index (χ1) is 10.6. The van der Waals surface area contributed by atoms with Gasteiger partial charge in [0.05, 0.1) is 16.9 Å². The van der Waals surface area contributed by atoms with E-state index in [9.17, 15) is 9.59 Å². The van der Waals surface area contributed by atoms with Crippen molar-refractivity contribution in [2.75, 3.05) is 11.4 Å². The minimum absolute atomic E-state index is 0.0570. The van der Waals surface area contributed by atoms with Gasteiger partial charge in [-0.15, -0.1) is 0 Å². The molecule has 1 aliphatic rings. The van der Waals surface area contributed by atoms with E-state index in [1.807, 2.05) is 30.3 Å². The summed E-state index contributed by atoms with van der Waals surface area (Å²) in [6.45, 7) is 0.622. The zero-order chi connectivity index (χ0) is 15.5. The number of hydrogen-bond acceptors (Lipinski definition) is 4. The maximum atomic E-state index is 12.2. The average Bonchev–Trinajstić information content (AvgIpc) is 2.96. The molecule has 0 bridgehead atoms. The molecule has 1 aromatic heterocycles. The van der Waals surface area contributed by atoms with Crippen molar-refractivity contribution in [3.8, 4) is 0 Å². The Morgan fingerprint density at radius 1 is 1.27 bits per heavy atom. The summed E-state index contributed by atoms with van der Waals surface area (Å²) < 4.78 is 5.28. The van der Waals surface area contributed by atoms with Crippen molar-refractivity contribution in [2.24, 2.45) is 0 Å². The molecule has 1 aliphatic heterocycles. The summed E-state index contributed by atoms with van der Waals surface area (Å²) in [6, 6.07) is 10.8. The monoisotopic (exact) mass is 298 g/mol. The molecule has 0 saturated heterocycles. The Balaban J connectivity index is 1.73. The zero-order valence-corrected chi connectivity index (χ0v) is 11.7. The molecule has 1 aromatic carbocycles. The van der Waals surface area contributed by atoms with Crippen molar-refractivity contribution >= 4 is 17.7 Å². The summed E-state index contributed by atoms with van der Waals surface area (Å²) in [4.78, 5) is 28.7.